The quantitative estimate of drug-likeness (QED) is 0.638. The van der Waals surface area contributed by atoms with E-state index in [2.05, 4.69) is 30.1 Å². The van der Waals surface area contributed by atoms with Gasteiger partial charge >= 0.3 is 0 Å². The Hall–Kier alpha value is -2.26. The molecule has 1 heterocycles. The fourth-order valence-electron chi connectivity index (χ4n) is 4.13. The second-order valence-corrected chi connectivity index (χ2v) is 11.0. The molecule has 0 spiro atoms. The third-order valence-corrected chi connectivity index (χ3v) is 7.84. The Morgan fingerprint density at radius 3 is 2.33 bits per heavy atom. The predicted octanol–water partition coefficient (Wildman–Crippen LogP) is 2.85. The first-order chi connectivity index (χ1) is 15.6. The van der Waals surface area contributed by atoms with Crippen molar-refractivity contribution in [3.63, 3.8) is 0 Å². The highest BCUT2D eigenvalue weighted by atomic mass is 32.2. The van der Waals surface area contributed by atoms with E-state index in [1.165, 1.54) is 7.05 Å². The fraction of sp³-hybridized carbons (Fsp3) is 0.480. The van der Waals surface area contributed by atoms with Crippen LogP contribution < -0.4 is 5.32 Å². The van der Waals surface area contributed by atoms with E-state index in [0.717, 1.165) is 46.2 Å². The number of likely N-dealkylation sites (N-methyl/N-ethyl adjacent to an activating group) is 1. The van der Waals surface area contributed by atoms with Crippen LogP contribution in [0.3, 0.4) is 0 Å². The molecule has 33 heavy (non-hydrogen) atoms. The predicted molar refractivity (Wildman–Crippen MR) is 129 cm³/mol. The number of ether oxygens (including phenoxy) is 1. The van der Waals surface area contributed by atoms with E-state index < -0.39 is 10.0 Å². The molecule has 2 atom stereocenters. The monoisotopic (exact) mass is 473 g/mol. The summed E-state index contributed by atoms with van der Waals surface area (Å²) in [7, 11) is -2.31. The third kappa shape index (κ3) is 6.63. The Kier molecular flexibility index (Phi) is 8.28. The standard InChI is InChI=1S/C25H35N3O4S/c1-18-10-11-24(12-19(18)2)33(30,31)27(5)17-25(29)26-13-22-8-6-7-9-23(22)16-28-14-20(3)32-21(4)15-28/h6-12,20-21H,13-17H2,1-5H3,(H,26,29). The summed E-state index contributed by atoms with van der Waals surface area (Å²) < 4.78 is 32.6. The summed E-state index contributed by atoms with van der Waals surface area (Å²) in [5, 5.41) is 2.88. The van der Waals surface area contributed by atoms with E-state index in [-0.39, 0.29) is 29.6 Å². The lowest BCUT2D eigenvalue weighted by Gasteiger charge is -2.35. The Morgan fingerprint density at radius 1 is 1.06 bits per heavy atom. The van der Waals surface area contributed by atoms with Crippen molar-refractivity contribution in [1.29, 1.82) is 0 Å². The van der Waals surface area contributed by atoms with Gasteiger partial charge in [-0.05, 0) is 62.1 Å². The summed E-state index contributed by atoms with van der Waals surface area (Å²) in [4.78, 5) is 15.1. The molecule has 180 valence electrons. The first-order valence-electron chi connectivity index (χ1n) is 11.3. The number of hydrogen-bond donors (Lipinski definition) is 1. The number of amides is 1. The molecule has 1 N–H and O–H groups in total. The van der Waals surface area contributed by atoms with Crippen molar-refractivity contribution < 1.29 is 17.9 Å². The van der Waals surface area contributed by atoms with Gasteiger partial charge in [0.25, 0.3) is 0 Å². The number of sulfonamides is 1. The molecule has 2 aromatic rings. The van der Waals surface area contributed by atoms with Crippen molar-refractivity contribution in [2.75, 3.05) is 26.7 Å². The maximum absolute atomic E-state index is 12.9. The molecule has 7 nitrogen and oxygen atoms in total. The highest BCUT2D eigenvalue weighted by Gasteiger charge is 2.24. The number of morpholine rings is 1. The topological polar surface area (TPSA) is 79.0 Å². The Bertz CT molecular complexity index is 1080. The minimum absolute atomic E-state index is 0.190. The highest BCUT2D eigenvalue weighted by molar-refractivity contribution is 7.89. The summed E-state index contributed by atoms with van der Waals surface area (Å²) in [6.45, 7) is 10.6. The number of carbonyl (C=O) groups is 1. The van der Waals surface area contributed by atoms with Crippen molar-refractivity contribution in [1.82, 2.24) is 14.5 Å². The molecule has 8 heteroatoms. The van der Waals surface area contributed by atoms with Gasteiger partial charge in [0.15, 0.2) is 0 Å². The van der Waals surface area contributed by atoms with E-state index in [1.807, 2.05) is 32.0 Å². The average molecular weight is 474 g/mol. The lowest BCUT2D eigenvalue weighted by Crippen LogP contribution is -2.45. The molecular weight excluding hydrogens is 438 g/mol. The van der Waals surface area contributed by atoms with Crippen LogP contribution in [0.25, 0.3) is 0 Å². The molecule has 0 aliphatic carbocycles. The molecule has 1 saturated heterocycles. The number of hydrogen-bond acceptors (Lipinski definition) is 5. The van der Waals surface area contributed by atoms with E-state index in [4.69, 9.17) is 4.74 Å². The summed E-state index contributed by atoms with van der Waals surface area (Å²) in [5.74, 6) is -0.340. The van der Waals surface area contributed by atoms with Crippen molar-refractivity contribution in [2.24, 2.45) is 0 Å². The molecule has 0 aromatic heterocycles. The largest absolute Gasteiger partial charge is 0.373 e. The van der Waals surface area contributed by atoms with E-state index in [9.17, 15) is 13.2 Å². The zero-order chi connectivity index (χ0) is 24.2. The lowest BCUT2D eigenvalue weighted by molar-refractivity contribution is -0.121. The lowest BCUT2D eigenvalue weighted by atomic mass is 10.1. The van der Waals surface area contributed by atoms with Gasteiger partial charge in [-0.25, -0.2) is 8.42 Å². The van der Waals surface area contributed by atoms with E-state index in [0.29, 0.717) is 6.54 Å². The molecule has 3 rings (SSSR count). The molecule has 0 bridgehead atoms. The van der Waals surface area contributed by atoms with Crippen LogP contribution in [-0.2, 0) is 32.6 Å². The Morgan fingerprint density at radius 2 is 1.70 bits per heavy atom. The number of nitrogens with one attached hydrogen (secondary N) is 1. The molecular formula is C25H35N3O4S. The van der Waals surface area contributed by atoms with Crippen LogP contribution in [0.15, 0.2) is 47.4 Å². The van der Waals surface area contributed by atoms with Crippen molar-refractivity contribution >= 4 is 15.9 Å². The third-order valence-electron chi connectivity index (χ3n) is 6.04. The van der Waals surface area contributed by atoms with Gasteiger partial charge in [0, 0.05) is 33.2 Å². The molecule has 1 fully saturated rings. The van der Waals surface area contributed by atoms with E-state index >= 15 is 0 Å². The maximum Gasteiger partial charge on any atom is 0.243 e. The molecule has 1 aliphatic heterocycles. The molecule has 0 saturated carbocycles. The minimum atomic E-state index is -3.74. The highest BCUT2D eigenvalue weighted by Crippen LogP contribution is 2.19. The second kappa shape index (κ2) is 10.8. The normalized spacial score (nSPS) is 19.6. The Balaban J connectivity index is 1.60. The van der Waals surface area contributed by atoms with Gasteiger partial charge in [-0.2, -0.15) is 4.31 Å². The number of nitrogens with zero attached hydrogens (tertiary/aromatic N) is 2. The summed E-state index contributed by atoms with van der Waals surface area (Å²) >= 11 is 0. The first-order valence-corrected chi connectivity index (χ1v) is 12.7. The van der Waals surface area contributed by atoms with Gasteiger partial charge in [-0.1, -0.05) is 30.3 Å². The van der Waals surface area contributed by atoms with Gasteiger partial charge in [0.1, 0.15) is 0 Å². The molecule has 0 radical (unpaired) electrons. The minimum Gasteiger partial charge on any atom is -0.373 e. The summed E-state index contributed by atoms with van der Waals surface area (Å²) in [6, 6.07) is 13.0. The fourth-order valence-corrected chi connectivity index (χ4v) is 5.34. The average Bonchev–Trinajstić information content (AvgIpc) is 2.74. The molecule has 2 aromatic carbocycles. The summed E-state index contributed by atoms with van der Waals surface area (Å²) in [6.07, 6.45) is 0.380. The van der Waals surface area contributed by atoms with Crippen LogP contribution in [0, 0.1) is 13.8 Å². The van der Waals surface area contributed by atoms with Gasteiger partial charge in [-0.3, -0.25) is 9.69 Å². The smallest absolute Gasteiger partial charge is 0.243 e. The van der Waals surface area contributed by atoms with Gasteiger partial charge < -0.3 is 10.1 Å². The first kappa shape index (κ1) is 25.4. The van der Waals surface area contributed by atoms with E-state index in [1.54, 1.807) is 18.2 Å². The van der Waals surface area contributed by atoms with Crippen LogP contribution in [-0.4, -0.2) is 62.4 Å². The maximum atomic E-state index is 12.9. The number of carbonyl (C=O) groups excluding carboxylic acids is 1. The number of aryl methyl sites for hydroxylation is 2. The van der Waals surface area contributed by atoms with Crippen LogP contribution in [0.4, 0.5) is 0 Å². The van der Waals surface area contributed by atoms with Crippen LogP contribution in [0.1, 0.15) is 36.1 Å². The SMILES string of the molecule is Cc1ccc(S(=O)(=O)N(C)CC(=O)NCc2ccccc2CN2CC(C)OC(C)C2)cc1C. The number of benzene rings is 2. The van der Waals surface area contributed by atoms with Gasteiger partial charge in [0.2, 0.25) is 15.9 Å². The van der Waals surface area contributed by atoms with Crippen LogP contribution >= 0.6 is 0 Å². The van der Waals surface area contributed by atoms with Crippen molar-refractivity contribution in [3.05, 3.63) is 64.7 Å². The van der Waals surface area contributed by atoms with Crippen molar-refractivity contribution in [2.45, 2.75) is 57.9 Å². The molecule has 2 unspecified atom stereocenters. The second-order valence-electron chi connectivity index (χ2n) is 9.00. The zero-order valence-corrected chi connectivity index (χ0v) is 21.0. The van der Waals surface area contributed by atoms with Crippen LogP contribution in [0.5, 0.6) is 0 Å². The van der Waals surface area contributed by atoms with Crippen molar-refractivity contribution in [3.8, 4) is 0 Å². The summed E-state index contributed by atoms with van der Waals surface area (Å²) in [5.41, 5.74) is 4.09. The molecule has 1 amide bonds. The molecule has 1 aliphatic rings. The zero-order valence-electron chi connectivity index (χ0n) is 20.2. The Labute approximate surface area is 197 Å². The number of rotatable bonds is 8. The van der Waals surface area contributed by atoms with Gasteiger partial charge in [0.05, 0.1) is 23.6 Å². The van der Waals surface area contributed by atoms with Gasteiger partial charge in [-0.15, -0.1) is 0 Å². The van der Waals surface area contributed by atoms with Crippen LogP contribution in [0.2, 0.25) is 0 Å².